The van der Waals surface area contributed by atoms with Gasteiger partial charge in [0.2, 0.25) is 5.91 Å². The fourth-order valence-corrected chi connectivity index (χ4v) is 2.81. The van der Waals surface area contributed by atoms with Crippen LogP contribution in [0.25, 0.3) is 0 Å². The fraction of sp³-hybridized carbons (Fsp3) is 0.222. The van der Waals surface area contributed by atoms with Crippen LogP contribution < -0.4 is 10.6 Å². The Morgan fingerprint density at radius 1 is 1.39 bits per heavy atom. The maximum absolute atomic E-state index is 14.0. The van der Waals surface area contributed by atoms with E-state index in [0.717, 1.165) is 17.0 Å². The molecule has 3 rings (SSSR count). The summed E-state index contributed by atoms with van der Waals surface area (Å²) in [5, 5.41) is 13.6. The lowest BCUT2D eigenvalue weighted by atomic mass is 10.1. The lowest BCUT2D eigenvalue weighted by Gasteiger charge is -2.29. The molecule has 2 heterocycles. The molecule has 28 heavy (non-hydrogen) atoms. The molecule has 1 atom stereocenters. The predicted molar refractivity (Wildman–Crippen MR) is 91.3 cm³/mol. The minimum absolute atomic E-state index is 0.0395. The van der Waals surface area contributed by atoms with Gasteiger partial charge in [-0.05, 0) is 25.1 Å². The molecule has 1 aliphatic rings. The molecule has 0 bridgehead atoms. The first-order valence-corrected chi connectivity index (χ1v) is 8.18. The summed E-state index contributed by atoms with van der Waals surface area (Å²) >= 11 is 0. The zero-order chi connectivity index (χ0) is 20.4. The molecule has 1 aromatic heterocycles. The lowest BCUT2D eigenvalue weighted by Crippen LogP contribution is -2.45. The number of nitrogens with zero attached hydrogens (tertiary/aromatic N) is 3. The van der Waals surface area contributed by atoms with Gasteiger partial charge in [-0.25, -0.2) is 18.0 Å². The van der Waals surface area contributed by atoms with Gasteiger partial charge in [-0.1, -0.05) is 0 Å². The van der Waals surface area contributed by atoms with Crippen molar-refractivity contribution in [1.82, 2.24) is 15.2 Å². The number of hydrogen-bond acceptors (Lipinski definition) is 4. The average molecular weight is 389 g/mol. The molecular formula is C18H14F3N5O2. The number of carbonyl (C=O) groups is 2. The predicted octanol–water partition coefficient (Wildman–Crippen LogP) is 2.60. The van der Waals surface area contributed by atoms with Gasteiger partial charge in [0, 0.05) is 11.8 Å². The molecule has 0 fully saturated rings. The van der Waals surface area contributed by atoms with Gasteiger partial charge in [0.1, 0.15) is 18.4 Å². The van der Waals surface area contributed by atoms with Crippen LogP contribution in [0, 0.1) is 28.8 Å². The van der Waals surface area contributed by atoms with E-state index in [1.54, 1.807) is 6.07 Å². The van der Waals surface area contributed by atoms with Gasteiger partial charge in [-0.3, -0.25) is 9.78 Å². The van der Waals surface area contributed by atoms with Crippen molar-refractivity contribution in [2.24, 2.45) is 0 Å². The van der Waals surface area contributed by atoms with Crippen molar-refractivity contribution >= 4 is 17.6 Å². The number of nitrogens with one attached hydrogen (secondary N) is 2. The van der Waals surface area contributed by atoms with E-state index in [-0.39, 0.29) is 29.1 Å². The number of fused-ring (bicyclic) bond motifs is 1. The average Bonchev–Trinajstić information content (AvgIpc) is 2.65. The van der Waals surface area contributed by atoms with Crippen LogP contribution in [0.4, 0.5) is 23.7 Å². The largest absolute Gasteiger partial charge is 0.346 e. The Hall–Kier alpha value is -3.61. The highest BCUT2D eigenvalue weighted by molar-refractivity contribution is 5.94. The number of carbonyl (C=O) groups excluding carboxylic acids is 2. The van der Waals surface area contributed by atoms with Crippen LogP contribution >= 0.6 is 0 Å². The molecule has 2 N–H and O–H groups in total. The summed E-state index contributed by atoms with van der Waals surface area (Å²) in [7, 11) is 0. The van der Waals surface area contributed by atoms with Crippen molar-refractivity contribution < 1.29 is 22.8 Å². The Morgan fingerprint density at radius 2 is 2.14 bits per heavy atom. The van der Waals surface area contributed by atoms with Crippen LogP contribution in [0.3, 0.4) is 0 Å². The molecule has 0 unspecified atom stereocenters. The smallest absolute Gasteiger partial charge is 0.322 e. The quantitative estimate of drug-likeness (QED) is 0.840. The van der Waals surface area contributed by atoms with E-state index in [1.165, 1.54) is 19.2 Å². The number of rotatable bonds is 4. The summed E-state index contributed by atoms with van der Waals surface area (Å²) in [4.78, 5) is 29.1. The summed E-state index contributed by atoms with van der Waals surface area (Å²) in [5.41, 5.74) is 0.0321. The zero-order valence-corrected chi connectivity index (χ0v) is 14.6. The second-order valence-corrected chi connectivity index (χ2v) is 6.17. The number of anilines is 1. The Labute approximate surface area is 157 Å². The third-order valence-electron chi connectivity index (χ3n) is 4.19. The van der Waals surface area contributed by atoms with E-state index in [4.69, 9.17) is 5.26 Å². The topological polar surface area (TPSA) is 98.1 Å². The van der Waals surface area contributed by atoms with Crippen molar-refractivity contribution in [2.45, 2.75) is 19.5 Å². The second-order valence-electron chi connectivity index (χ2n) is 6.17. The molecular weight excluding hydrogens is 375 g/mol. The summed E-state index contributed by atoms with van der Waals surface area (Å²) in [6.07, 6.45) is 1.17. The maximum atomic E-state index is 14.0. The molecule has 1 aliphatic heterocycles. The maximum Gasteiger partial charge on any atom is 0.322 e. The Balaban J connectivity index is 1.68. The molecule has 3 amide bonds. The van der Waals surface area contributed by atoms with E-state index in [0.29, 0.717) is 0 Å². The monoisotopic (exact) mass is 389 g/mol. The highest BCUT2D eigenvalue weighted by atomic mass is 19.2. The highest BCUT2D eigenvalue weighted by Gasteiger charge is 2.28. The normalized spacial score (nSPS) is 14.0. The molecule has 1 aromatic carbocycles. The number of urea groups is 1. The fourth-order valence-electron chi connectivity index (χ4n) is 2.81. The van der Waals surface area contributed by atoms with Crippen molar-refractivity contribution in [3.63, 3.8) is 0 Å². The number of amides is 3. The Kier molecular flexibility index (Phi) is 5.17. The number of nitriles is 1. The first kappa shape index (κ1) is 19.2. The molecule has 0 saturated carbocycles. The number of pyridine rings is 1. The highest BCUT2D eigenvalue weighted by Crippen LogP contribution is 2.27. The van der Waals surface area contributed by atoms with Crippen molar-refractivity contribution in [3.05, 3.63) is 58.7 Å². The van der Waals surface area contributed by atoms with E-state index in [9.17, 15) is 22.8 Å². The van der Waals surface area contributed by atoms with Gasteiger partial charge >= 0.3 is 6.03 Å². The van der Waals surface area contributed by atoms with Gasteiger partial charge in [-0.15, -0.1) is 0 Å². The van der Waals surface area contributed by atoms with E-state index < -0.39 is 42.0 Å². The molecule has 10 heteroatoms. The van der Waals surface area contributed by atoms with Gasteiger partial charge in [0.05, 0.1) is 29.5 Å². The third-order valence-corrected chi connectivity index (χ3v) is 4.19. The number of benzene rings is 1. The van der Waals surface area contributed by atoms with Crippen LogP contribution in [0.2, 0.25) is 0 Å². The van der Waals surface area contributed by atoms with E-state index >= 15 is 0 Å². The lowest BCUT2D eigenvalue weighted by molar-refractivity contribution is -0.122. The number of halogens is 3. The molecule has 0 saturated heterocycles. The first-order chi connectivity index (χ1) is 13.3. The number of aromatic nitrogens is 1. The van der Waals surface area contributed by atoms with Gasteiger partial charge in [0.15, 0.2) is 11.6 Å². The van der Waals surface area contributed by atoms with Crippen molar-refractivity contribution in [2.75, 3.05) is 11.9 Å². The van der Waals surface area contributed by atoms with Crippen LogP contribution in [0.5, 0.6) is 0 Å². The number of hydrogen-bond donors (Lipinski definition) is 2. The van der Waals surface area contributed by atoms with Crippen LogP contribution in [0.15, 0.2) is 24.4 Å². The summed E-state index contributed by atoms with van der Waals surface area (Å²) < 4.78 is 41.3. The first-order valence-electron chi connectivity index (χ1n) is 8.18. The SMILES string of the molecule is C[C@H](NC(=O)CN1Cc2c(ccc(F)c2F)NC1=O)c1ncc(C#N)cc1F. The summed E-state index contributed by atoms with van der Waals surface area (Å²) in [5.74, 6) is -3.56. The van der Waals surface area contributed by atoms with Crippen LogP contribution in [-0.4, -0.2) is 28.4 Å². The van der Waals surface area contributed by atoms with Crippen molar-refractivity contribution in [1.29, 1.82) is 5.26 Å². The Bertz CT molecular complexity index is 1010. The molecule has 7 nitrogen and oxygen atoms in total. The van der Waals surface area contributed by atoms with Gasteiger partial charge in [0.25, 0.3) is 0 Å². The van der Waals surface area contributed by atoms with E-state index in [2.05, 4.69) is 15.6 Å². The molecule has 2 aromatic rings. The zero-order valence-electron chi connectivity index (χ0n) is 14.6. The molecule has 0 radical (unpaired) electrons. The van der Waals surface area contributed by atoms with Crippen LogP contribution in [0.1, 0.15) is 29.8 Å². The summed E-state index contributed by atoms with van der Waals surface area (Å²) in [6, 6.07) is 3.40. The van der Waals surface area contributed by atoms with Gasteiger partial charge in [-0.2, -0.15) is 5.26 Å². The molecule has 0 aliphatic carbocycles. The van der Waals surface area contributed by atoms with Gasteiger partial charge < -0.3 is 15.5 Å². The van der Waals surface area contributed by atoms with Crippen molar-refractivity contribution in [3.8, 4) is 6.07 Å². The third kappa shape index (κ3) is 3.73. The Morgan fingerprint density at radius 3 is 2.82 bits per heavy atom. The minimum atomic E-state index is -1.10. The molecule has 0 spiro atoms. The van der Waals surface area contributed by atoms with Crippen LogP contribution in [-0.2, 0) is 11.3 Å². The van der Waals surface area contributed by atoms with E-state index in [1.807, 2.05) is 0 Å². The minimum Gasteiger partial charge on any atom is -0.346 e. The summed E-state index contributed by atoms with van der Waals surface area (Å²) in [6.45, 7) is 0.732. The standard InChI is InChI=1S/C18H14F3N5O2/c1-9(17-13(20)4-10(5-22)6-23-17)24-15(27)8-26-7-11-14(25-18(26)28)3-2-12(19)16(11)21/h2-4,6,9H,7-8H2,1H3,(H,24,27)(H,25,28)/t9-/m0/s1. The second kappa shape index (κ2) is 7.56. The molecule has 144 valence electrons.